The minimum Gasteiger partial charge on any atom is -0.390 e. The summed E-state index contributed by atoms with van der Waals surface area (Å²) in [6.45, 7) is 4.12. The van der Waals surface area contributed by atoms with Crippen LogP contribution in [0.25, 0.3) is 0 Å². The van der Waals surface area contributed by atoms with Gasteiger partial charge in [-0.15, -0.1) is 0 Å². The van der Waals surface area contributed by atoms with Gasteiger partial charge in [-0.05, 0) is 5.92 Å². The third kappa shape index (κ3) is 2.07. The van der Waals surface area contributed by atoms with Crippen LogP contribution in [0.5, 0.6) is 0 Å². The Morgan fingerprint density at radius 2 is 2.12 bits per heavy atom. The van der Waals surface area contributed by atoms with Crippen molar-refractivity contribution in [2.45, 2.75) is 13.8 Å². The lowest BCUT2D eigenvalue weighted by molar-refractivity contribution is 0.351. The second-order valence-electron chi connectivity index (χ2n) is 2.03. The molecule has 0 saturated heterocycles. The lowest BCUT2D eigenvalue weighted by Crippen LogP contribution is -2.11. The molecule has 0 radical (unpaired) electrons. The minimum absolute atomic E-state index is 0.0914. The molecule has 2 heteroatoms. The van der Waals surface area contributed by atoms with E-state index >= 15 is 0 Å². The highest BCUT2D eigenvalue weighted by Crippen LogP contribution is 1.94. The normalized spacial score (nSPS) is 12.9. The van der Waals surface area contributed by atoms with Gasteiger partial charge in [-0.25, -0.2) is 0 Å². The Labute approximate surface area is 50.3 Å². The minimum atomic E-state index is 0.0914. The lowest BCUT2D eigenvalue weighted by Gasteiger charge is -2.03. The third-order valence-corrected chi connectivity index (χ3v) is 1.12. The molecule has 0 aliphatic heterocycles. The Bertz CT molecular complexity index is 86.5. The SMILES string of the molecule is CN=C(CO)C(C)C. The summed E-state index contributed by atoms with van der Waals surface area (Å²) < 4.78 is 0. The molecule has 0 aliphatic rings. The van der Waals surface area contributed by atoms with E-state index in [0.29, 0.717) is 5.92 Å². The summed E-state index contributed by atoms with van der Waals surface area (Å²) in [5.74, 6) is 0.380. The summed E-state index contributed by atoms with van der Waals surface area (Å²) in [7, 11) is 1.70. The average molecular weight is 115 g/mol. The molecule has 0 unspecified atom stereocenters. The van der Waals surface area contributed by atoms with E-state index in [4.69, 9.17) is 5.11 Å². The quantitative estimate of drug-likeness (QED) is 0.528. The van der Waals surface area contributed by atoms with Crippen LogP contribution in [0.2, 0.25) is 0 Å². The number of aliphatic imine (C=N–C) groups is 1. The van der Waals surface area contributed by atoms with E-state index in [9.17, 15) is 0 Å². The highest BCUT2D eigenvalue weighted by Gasteiger charge is 1.99. The number of hydrogen-bond acceptors (Lipinski definition) is 2. The molecule has 0 rings (SSSR count). The van der Waals surface area contributed by atoms with E-state index in [2.05, 4.69) is 4.99 Å². The highest BCUT2D eigenvalue weighted by molar-refractivity contribution is 5.86. The standard InChI is InChI=1S/C6H13NO/c1-5(2)6(4-8)7-3/h5,8H,4H2,1-3H3. The fraction of sp³-hybridized carbons (Fsp3) is 0.833. The van der Waals surface area contributed by atoms with Crippen molar-refractivity contribution >= 4 is 5.71 Å². The molecule has 0 heterocycles. The van der Waals surface area contributed by atoms with Crippen LogP contribution in [-0.4, -0.2) is 24.5 Å². The molecule has 0 atom stereocenters. The van der Waals surface area contributed by atoms with Gasteiger partial charge in [-0.3, -0.25) is 4.99 Å². The van der Waals surface area contributed by atoms with Gasteiger partial charge < -0.3 is 5.11 Å². The van der Waals surface area contributed by atoms with E-state index in [1.165, 1.54) is 0 Å². The van der Waals surface area contributed by atoms with Crippen molar-refractivity contribution in [3.05, 3.63) is 0 Å². The number of rotatable bonds is 2. The van der Waals surface area contributed by atoms with E-state index in [1.807, 2.05) is 13.8 Å². The van der Waals surface area contributed by atoms with Crippen LogP contribution in [0, 0.1) is 5.92 Å². The van der Waals surface area contributed by atoms with Crippen molar-refractivity contribution in [2.75, 3.05) is 13.7 Å². The summed E-state index contributed by atoms with van der Waals surface area (Å²) in [5.41, 5.74) is 0.866. The summed E-state index contributed by atoms with van der Waals surface area (Å²) in [6.07, 6.45) is 0. The molecule has 0 aromatic rings. The van der Waals surface area contributed by atoms with Gasteiger partial charge in [-0.1, -0.05) is 13.8 Å². The molecular weight excluding hydrogens is 102 g/mol. The molecule has 0 amide bonds. The first kappa shape index (κ1) is 7.63. The van der Waals surface area contributed by atoms with E-state index in [1.54, 1.807) is 7.05 Å². The maximum absolute atomic E-state index is 8.57. The Kier molecular flexibility index (Phi) is 3.44. The number of hydrogen-bond donors (Lipinski definition) is 1. The predicted molar refractivity (Wildman–Crippen MR) is 35.3 cm³/mol. The van der Waals surface area contributed by atoms with Gasteiger partial charge in [0.05, 0.1) is 6.61 Å². The summed E-state index contributed by atoms with van der Waals surface area (Å²) in [6, 6.07) is 0. The van der Waals surface area contributed by atoms with E-state index in [-0.39, 0.29) is 6.61 Å². The molecule has 0 aliphatic carbocycles. The van der Waals surface area contributed by atoms with Crippen molar-refractivity contribution in [2.24, 2.45) is 10.9 Å². The fourth-order valence-corrected chi connectivity index (χ4v) is 0.511. The molecule has 0 aromatic carbocycles. The van der Waals surface area contributed by atoms with Crippen LogP contribution in [-0.2, 0) is 0 Å². The van der Waals surface area contributed by atoms with Crippen LogP contribution in [0.3, 0.4) is 0 Å². The van der Waals surface area contributed by atoms with Gasteiger partial charge in [-0.2, -0.15) is 0 Å². The van der Waals surface area contributed by atoms with Gasteiger partial charge in [0.1, 0.15) is 0 Å². The Balaban J connectivity index is 3.72. The van der Waals surface area contributed by atoms with E-state index in [0.717, 1.165) is 5.71 Å². The van der Waals surface area contributed by atoms with Gasteiger partial charge in [0.2, 0.25) is 0 Å². The van der Waals surface area contributed by atoms with Crippen LogP contribution in [0.4, 0.5) is 0 Å². The first-order valence-electron chi connectivity index (χ1n) is 2.78. The van der Waals surface area contributed by atoms with Crippen LogP contribution >= 0.6 is 0 Å². The molecule has 2 nitrogen and oxygen atoms in total. The van der Waals surface area contributed by atoms with Gasteiger partial charge in [0, 0.05) is 12.8 Å². The lowest BCUT2D eigenvalue weighted by atomic mass is 10.1. The predicted octanol–water partition coefficient (Wildman–Crippen LogP) is 0.706. The molecular formula is C6H13NO. The maximum atomic E-state index is 8.57. The van der Waals surface area contributed by atoms with Crippen LogP contribution in [0.1, 0.15) is 13.8 Å². The number of aliphatic hydroxyl groups is 1. The Morgan fingerprint density at radius 1 is 1.62 bits per heavy atom. The van der Waals surface area contributed by atoms with Crippen molar-refractivity contribution < 1.29 is 5.11 Å². The van der Waals surface area contributed by atoms with Crippen molar-refractivity contribution in [1.82, 2.24) is 0 Å². The highest BCUT2D eigenvalue weighted by atomic mass is 16.3. The van der Waals surface area contributed by atoms with Crippen LogP contribution in [0.15, 0.2) is 4.99 Å². The molecule has 0 saturated carbocycles. The Hall–Kier alpha value is -0.370. The monoisotopic (exact) mass is 115 g/mol. The average Bonchev–Trinajstić information content (AvgIpc) is 1.69. The van der Waals surface area contributed by atoms with Crippen molar-refractivity contribution in [1.29, 1.82) is 0 Å². The van der Waals surface area contributed by atoms with Gasteiger partial charge in [0.25, 0.3) is 0 Å². The number of aliphatic hydroxyl groups excluding tert-OH is 1. The molecule has 1 N–H and O–H groups in total. The number of nitrogens with zero attached hydrogens (tertiary/aromatic N) is 1. The topological polar surface area (TPSA) is 32.6 Å². The first-order chi connectivity index (χ1) is 3.72. The maximum Gasteiger partial charge on any atom is 0.0811 e. The molecule has 0 spiro atoms. The van der Waals surface area contributed by atoms with Crippen LogP contribution < -0.4 is 0 Å². The third-order valence-electron chi connectivity index (χ3n) is 1.12. The molecule has 0 aromatic heterocycles. The fourth-order valence-electron chi connectivity index (χ4n) is 0.511. The zero-order valence-electron chi connectivity index (χ0n) is 5.68. The summed E-state index contributed by atoms with van der Waals surface area (Å²) in [4.78, 5) is 3.87. The van der Waals surface area contributed by atoms with Crippen molar-refractivity contribution in [3.63, 3.8) is 0 Å². The van der Waals surface area contributed by atoms with Crippen molar-refractivity contribution in [3.8, 4) is 0 Å². The smallest absolute Gasteiger partial charge is 0.0811 e. The summed E-state index contributed by atoms with van der Waals surface area (Å²) >= 11 is 0. The first-order valence-corrected chi connectivity index (χ1v) is 2.78. The second kappa shape index (κ2) is 3.61. The molecule has 0 bridgehead atoms. The molecule has 48 valence electrons. The zero-order valence-corrected chi connectivity index (χ0v) is 5.68. The van der Waals surface area contributed by atoms with E-state index < -0.39 is 0 Å². The second-order valence-corrected chi connectivity index (χ2v) is 2.03. The Morgan fingerprint density at radius 3 is 2.12 bits per heavy atom. The van der Waals surface area contributed by atoms with Gasteiger partial charge >= 0.3 is 0 Å². The van der Waals surface area contributed by atoms with Gasteiger partial charge in [0.15, 0.2) is 0 Å². The summed E-state index contributed by atoms with van der Waals surface area (Å²) in [5, 5.41) is 8.57. The molecule has 8 heavy (non-hydrogen) atoms. The zero-order chi connectivity index (χ0) is 6.57. The molecule has 0 fully saturated rings. The largest absolute Gasteiger partial charge is 0.390 e.